The maximum absolute atomic E-state index is 10.3. The lowest BCUT2D eigenvalue weighted by atomic mass is 9.80. The van der Waals surface area contributed by atoms with Crippen molar-refractivity contribution in [3.8, 4) is 0 Å². The van der Waals surface area contributed by atoms with Crippen molar-refractivity contribution in [3.05, 3.63) is 47.7 Å². The maximum Gasteiger partial charge on any atom is 0.501 e. The minimum Gasteiger partial charge on any atom is -0.423 e. The van der Waals surface area contributed by atoms with E-state index in [1.807, 2.05) is 68.8 Å². The van der Waals surface area contributed by atoms with Crippen molar-refractivity contribution in [1.82, 2.24) is 9.38 Å². The van der Waals surface area contributed by atoms with Crippen LogP contribution < -0.4 is 10.2 Å². The predicted octanol–water partition coefficient (Wildman–Crippen LogP) is 1.39. The number of hydrogen-bond acceptors (Lipinski definition) is 6. The molecule has 1 aliphatic rings. The molecular weight excluding hydrogens is 362 g/mol. The number of hydrogen-bond donors (Lipinski definition) is 1. The maximum atomic E-state index is 10.3. The Hall–Kier alpha value is -1.64. The van der Waals surface area contributed by atoms with Crippen molar-refractivity contribution in [2.24, 2.45) is 0 Å². The molecule has 3 aromatic heterocycles. The third-order valence-corrected chi connectivity index (χ3v) is 6.28. The van der Waals surface area contributed by atoms with Crippen molar-refractivity contribution in [3.63, 3.8) is 0 Å². The molecule has 0 amide bonds. The van der Waals surface area contributed by atoms with Crippen LogP contribution in [-0.2, 0) is 14.0 Å². The zero-order valence-corrected chi connectivity index (χ0v) is 16.7. The number of aromatic nitrogens is 2. The summed E-state index contributed by atoms with van der Waals surface area (Å²) in [4.78, 5) is 5.39. The Morgan fingerprint density at radius 1 is 1.26 bits per heavy atom. The van der Waals surface area contributed by atoms with Crippen molar-refractivity contribution in [2.75, 3.05) is 6.61 Å². The van der Waals surface area contributed by atoms with E-state index < -0.39 is 25.4 Å². The van der Waals surface area contributed by atoms with Crippen LogP contribution in [0.3, 0.4) is 0 Å². The van der Waals surface area contributed by atoms with Gasteiger partial charge in [-0.25, -0.2) is 4.98 Å². The van der Waals surface area contributed by atoms with Crippen LogP contribution in [-0.4, -0.2) is 46.5 Å². The number of fused-ring (bicyclic) bond motifs is 1. The molecule has 0 radical (unpaired) electrons. The fourth-order valence-corrected chi connectivity index (χ4v) is 3.93. The molecule has 1 fully saturated rings. The SMILES string of the molecule is Cc1ccc(B(O)OCC2(C)OB(c3ccc4nccn4c3)OC2(C)C)s1. The highest BCUT2D eigenvalue weighted by atomic mass is 32.1. The second kappa shape index (κ2) is 6.76. The van der Waals surface area contributed by atoms with Gasteiger partial charge in [0.1, 0.15) is 5.65 Å². The Morgan fingerprint density at radius 2 is 2.07 bits per heavy atom. The standard InChI is InChI=1S/C18H22B2N2O4S/c1-13-5-7-15(27-13)19(23)24-12-18(4)17(2,3)25-20(26-18)14-6-8-16-21-9-10-22(16)11-14/h5-11,23H,12H2,1-4H3. The topological polar surface area (TPSA) is 65.2 Å². The predicted molar refractivity (Wildman–Crippen MR) is 108 cm³/mol. The van der Waals surface area contributed by atoms with Gasteiger partial charge >= 0.3 is 14.2 Å². The van der Waals surface area contributed by atoms with E-state index in [-0.39, 0.29) is 6.61 Å². The van der Waals surface area contributed by atoms with E-state index in [1.165, 1.54) is 11.3 Å². The van der Waals surface area contributed by atoms with Gasteiger partial charge < -0.3 is 23.4 Å². The Morgan fingerprint density at radius 3 is 2.81 bits per heavy atom. The minimum atomic E-state index is -0.971. The van der Waals surface area contributed by atoms with Gasteiger partial charge in [0.2, 0.25) is 0 Å². The summed E-state index contributed by atoms with van der Waals surface area (Å²) in [7, 11) is -1.48. The van der Waals surface area contributed by atoms with Gasteiger partial charge in [-0.05, 0) is 45.3 Å². The molecule has 4 heterocycles. The number of pyridine rings is 1. The molecule has 1 atom stereocenters. The van der Waals surface area contributed by atoms with E-state index in [9.17, 15) is 5.02 Å². The van der Waals surface area contributed by atoms with E-state index in [1.54, 1.807) is 6.20 Å². The summed E-state index contributed by atoms with van der Waals surface area (Å²) < 4.78 is 21.0. The molecule has 0 saturated carbocycles. The second-order valence-corrected chi connectivity index (χ2v) is 8.90. The van der Waals surface area contributed by atoms with Gasteiger partial charge in [-0.2, -0.15) is 0 Å². The molecule has 1 saturated heterocycles. The molecule has 6 nitrogen and oxygen atoms in total. The second-order valence-electron chi connectivity index (χ2n) is 7.58. The Labute approximate surface area is 163 Å². The van der Waals surface area contributed by atoms with Crippen molar-refractivity contribution >= 4 is 41.5 Å². The molecule has 27 heavy (non-hydrogen) atoms. The van der Waals surface area contributed by atoms with Crippen LogP contribution in [0.2, 0.25) is 0 Å². The summed E-state index contributed by atoms with van der Waals surface area (Å²) in [5.74, 6) is 0. The van der Waals surface area contributed by atoms with Gasteiger partial charge in [-0.15, -0.1) is 11.3 Å². The summed E-state index contributed by atoms with van der Waals surface area (Å²) in [5.41, 5.74) is 0.477. The summed E-state index contributed by atoms with van der Waals surface area (Å²) in [5, 5.41) is 10.3. The molecule has 3 aromatic rings. The van der Waals surface area contributed by atoms with Crippen LogP contribution in [0.1, 0.15) is 25.6 Å². The zero-order valence-electron chi connectivity index (χ0n) is 15.9. The monoisotopic (exact) mass is 384 g/mol. The van der Waals surface area contributed by atoms with Crippen molar-refractivity contribution in [2.45, 2.75) is 38.9 Å². The third kappa shape index (κ3) is 3.46. The zero-order chi connectivity index (χ0) is 19.2. The molecule has 4 rings (SSSR count). The summed E-state index contributed by atoms with van der Waals surface area (Å²) in [6, 6.07) is 7.74. The Kier molecular flexibility index (Phi) is 4.68. The average Bonchev–Trinajstić information content (AvgIpc) is 3.31. The first-order valence-electron chi connectivity index (χ1n) is 8.92. The smallest absolute Gasteiger partial charge is 0.423 e. The van der Waals surface area contributed by atoms with Gasteiger partial charge in [0.05, 0.1) is 17.8 Å². The lowest BCUT2D eigenvalue weighted by Crippen LogP contribution is -2.50. The molecule has 0 aliphatic carbocycles. The number of imidazole rings is 1. The van der Waals surface area contributed by atoms with Crippen LogP contribution in [0, 0.1) is 6.92 Å². The molecule has 9 heteroatoms. The quantitative estimate of drug-likeness (QED) is 0.674. The first-order chi connectivity index (χ1) is 12.8. The lowest BCUT2D eigenvalue weighted by Gasteiger charge is -2.36. The number of rotatable bonds is 5. The average molecular weight is 384 g/mol. The lowest BCUT2D eigenvalue weighted by molar-refractivity contribution is -0.0439. The third-order valence-electron chi connectivity index (χ3n) is 5.25. The van der Waals surface area contributed by atoms with Crippen LogP contribution in [0.5, 0.6) is 0 Å². The Bertz CT molecular complexity index is 960. The normalized spacial score (nSPS) is 21.9. The minimum absolute atomic E-state index is 0.210. The van der Waals surface area contributed by atoms with Gasteiger partial charge in [-0.3, -0.25) is 0 Å². The van der Waals surface area contributed by atoms with Crippen LogP contribution in [0.4, 0.5) is 0 Å². The highest BCUT2D eigenvalue weighted by molar-refractivity contribution is 7.22. The largest absolute Gasteiger partial charge is 0.501 e. The van der Waals surface area contributed by atoms with Crippen LogP contribution in [0.25, 0.3) is 5.65 Å². The molecule has 0 aromatic carbocycles. The van der Waals surface area contributed by atoms with E-state index in [0.29, 0.717) is 0 Å². The molecule has 0 spiro atoms. The van der Waals surface area contributed by atoms with Crippen molar-refractivity contribution < 1.29 is 19.0 Å². The first-order valence-corrected chi connectivity index (χ1v) is 9.73. The molecular formula is C18H22B2N2O4S. The number of aryl methyl sites for hydroxylation is 1. The van der Waals surface area contributed by atoms with Gasteiger partial charge in [-0.1, -0.05) is 12.1 Å². The van der Waals surface area contributed by atoms with Crippen LogP contribution in [0.15, 0.2) is 42.9 Å². The van der Waals surface area contributed by atoms with E-state index >= 15 is 0 Å². The highest BCUT2D eigenvalue weighted by Gasteiger charge is 2.55. The highest BCUT2D eigenvalue weighted by Crippen LogP contribution is 2.37. The number of nitrogens with zero attached hydrogens (tertiary/aromatic N) is 2. The number of thiophene rings is 1. The molecule has 1 unspecified atom stereocenters. The van der Waals surface area contributed by atoms with Gasteiger partial charge in [0.25, 0.3) is 0 Å². The first kappa shape index (κ1) is 18.7. The molecule has 140 valence electrons. The van der Waals surface area contributed by atoms with Gasteiger partial charge in [0.15, 0.2) is 0 Å². The molecule has 1 aliphatic heterocycles. The summed E-state index contributed by atoms with van der Waals surface area (Å²) >= 11 is 1.52. The summed E-state index contributed by atoms with van der Waals surface area (Å²) in [6.07, 6.45) is 5.60. The van der Waals surface area contributed by atoms with Crippen LogP contribution >= 0.6 is 11.3 Å². The Balaban J connectivity index is 1.49. The van der Waals surface area contributed by atoms with Crippen molar-refractivity contribution in [1.29, 1.82) is 0 Å². The van der Waals surface area contributed by atoms with E-state index in [0.717, 1.165) is 20.8 Å². The fraction of sp³-hybridized carbons (Fsp3) is 0.389. The fourth-order valence-electron chi connectivity index (χ4n) is 3.12. The van der Waals surface area contributed by atoms with Gasteiger partial charge in [0, 0.05) is 28.2 Å². The molecule has 0 bridgehead atoms. The molecule has 1 N–H and O–H groups in total. The summed E-state index contributed by atoms with van der Waals surface area (Å²) in [6.45, 7) is 8.12. The van der Waals surface area contributed by atoms with E-state index in [4.69, 9.17) is 14.0 Å². The van der Waals surface area contributed by atoms with E-state index in [2.05, 4.69) is 4.98 Å².